The molecule has 0 amide bonds. The third kappa shape index (κ3) is 4.52. The van der Waals surface area contributed by atoms with Gasteiger partial charge in [0.2, 0.25) is 6.08 Å². The molecule has 5 heteroatoms. The number of rotatable bonds is 5. The van der Waals surface area contributed by atoms with Crippen LogP contribution in [0.4, 0.5) is 0 Å². The fourth-order valence-electron chi connectivity index (χ4n) is 1.25. The minimum atomic E-state index is -1.13. The number of isocyanates is 1. The molecule has 0 spiro atoms. The Morgan fingerprint density at radius 1 is 1.41 bits per heavy atom. The van der Waals surface area contributed by atoms with Crippen LogP contribution in [0, 0.1) is 5.92 Å². The van der Waals surface area contributed by atoms with Gasteiger partial charge in [-0.05, 0) is 5.92 Å². The highest BCUT2D eigenvalue weighted by Crippen LogP contribution is 2.33. The van der Waals surface area contributed by atoms with Crippen LogP contribution in [0.5, 0.6) is 0 Å². The van der Waals surface area contributed by atoms with Crippen molar-refractivity contribution in [2.45, 2.75) is 44.9 Å². The summed E-state index contributed by atoms with van der Waals surface area (Å²) in [6, 6.07) is 0. The summed E-state index contributed by atoms with van der Waals surface area (Å²) in [5.41, 5.74) is -1.13. The van der Waals surface area contributed by atoms with Gasteiger partial charge < -0.3 is 4.74 Å². The lowest BCUT2D eigenvalue weighted by atomic mass is 9.89. The second kappa shape index (κ2) is 6.22. The average molecular weight is 259 g/mol. The molecule has 0 aromatic rings. The second-order valence-corrected chi connectivity index (χ2v) is 6.98. The fourth-order valence-corrected chi connectivity index (χ4v) is 2.42. The van der Waals surface area contributed by atoms with E-state index in [4.69, 9.17) is 4.74 Å². The Hall–Kier alpha value is -0.800. The zero-order valence-electron chi connectivity index (χ0n) is 11.4. The molecule has 0 bridgehead atoms. The fraction of sp³-hybridized carbons (Fsp3) is 0.833. The smallest absolute Gasteiger partial charge is 0.335 e. The molecule has 0 radical (unpaired) electrons. The van der Waals surface area contributed by atoms with E-state index in [1.165, 1.54) is 13.2 Å². The molecule has 0 N–H and O–H groups in total. The molecule has 1 atom stereocenters. The molecule has 0 heterocycles. The summed E-state index contributed by atoms with van der Waals surface area (Å²) < 4.78 is 4.76. The zero-order valence-corrected chi connectivity index (χ0v) is 12.2. The summed E-state index contributed by atoms with van der Waals surface area (Å²) in [5.74, 6) is -0.186. The highest BCUT2D eigenvalue weighted by atomic mass is 32.2. The Balaban J connectivity index is 5.20. The maximum absolute atomic E-state index is 11.9. The third-order valence-electron chi connectivity index (χ3n) is 2.46. The summed E-state index contributed by atoms with van der Waals surface area (Å²) in [4.78, 5) is 26.2. The maximum Gasteiger partial charge on any atom is 0.335 e. The number of methoxy groups -OCH3 is 1. The number of hydrogen-bond donors (Lipinski definition) is 0. The normalized spacial score (nSPS) is 15.0. The van der Waals surface area contributed by atoms with Crippen molar-refractivity contribution in [2.75, 3.05) is 12.9 Å². The van der Waals surface area contributed by atoms with E-state index in [-0.39, 0.29) is 10.7 Å². The van der Waals surface area contributed by atoms with E-state index in [1.807, 2.05) is 34.6 Å². The number of thioether (sulfide) groups is 1. The molecule has 0 aliphatic carbocycles. The minimum Gasteiger partial charge on any atom is -0.467 e. The number of carbonyl (C=O) groups is 1. The standard InChI is InChI=1S/C12H21NO3S/c1-9(2)12(13-8-14,10(15)16-6)7-17-11(3,4)5/h9H,7H2,1-6H3. The van der Waals surface area contributed by atoms with Gasteiger partial charge in [0.25, 0.3) is 0 Å². The van der Waals surface area contributed by atoms with Crippen molar-refractivity contribution < 1.29 is 14.3 Å². The van der Waals surface area contributed by atoms with Crippen molar-refractivity contribution in [1.82, 2.24) is 0 Å². The van der Waals surface area contributed by atoms with Crippen LogP contribution < -0.4 is 0 Å². The van der Waals surface area contributed by atoms with Gasteiger partial charge >= 0.3 is 5.97 Å². The highest BCUT2D eigenvalue weighted by Gasteiger charge is 2.44. The van der Waals surface area contributed by atoms with E-state index in [2.05, 4.69) is 4.99 Å². The molecular weight excluding hydrogens is 238 g/mol. The molecule has 0 aliphatic heterocycles. The predicted molar refractivity (Wildman–Crippen MR) is 69.9 cm³/mol. The monoisotopic (exact) mass is 259 g/mol. The van der Waals surface area contributed by atoms with Gasteiger partial charge in [0.15, 0.2) is 5.54 Å². The molecule has 0 aliphatic rings. The van der Waals surface area contributed by atoms with Crippen molar-refractivity contribution in [3.05, 3.63) is 0 Å². The largest absolute Gasteiger partial charge is 0.467 e. The summed E-state index contributed by atoms with van der Waals surface area (Å²) >= 11 is 1.58. The Morgan fingerprint density at radius 2 is 1.94 bits per heavy atom. The average Bonchev–Trinajstić information content (AvgIpc) is 2.21. The van der Waals surface area contributed by atoms with Gasteiger partial charge in [0, 0.05) is 10.5 Å². The number of esters is 1. The van der Waals surface area contributed by atoms with Crippen LogP contribution in [0.2, 0.25) is 0 Å². The molecule has 0 aromatic heterocycles. The zero-order chi connectivity index (χ0) is 13.7. The van der Waals surface area contributed by atoms with Crippen molar-refractivity contribution in [3.63, 3.8) is 0 Å². The molecule has 4 nitrogen and oxygen atoms in total. The van der Waals surface area contributed by atoms with Gasteiger partial charge in [0.05, 0.1) is 7.11 Å². The lowest BCUT2D eigenvalue weighted by Gasteiger charge is -2.31. The van der Waals surface area contributed by atoms with Crippen LogP contribution >= 0.6 is 11.8 Å². The van der Waals surface area contributed by atoms with Crippen molar-refractivity contribution in [1.29, 1.82) is 0 Å². The molecule has 0 aromatic carbocycles. The highest BCUT2D eigenvalue weighted by molar-refractivity contribution is 8.00. The van der Waals surface area contributed by atoms with Crippen LogP contribution in [-0.4, -0.2) is 35.2 Å². The van der Waals surface area contributed by atoms with Crippen LogP contribution in [0.25, 0.3) is 0 Å². The maximum atomic E-state index is 11.9. The minimum absolute atomic E-state index is 0.00738. The summed E-state index contributed by atoms with van der Waals surface area (Å²) in [5, 5.41) is 0. The first-order chi connectivity index (χ1) is 7.69. The third-order valence-corrected chi connectivity index (χ3v) is 3.91. The van der Waals surface area contributed by atoms with Crippen LogP contribution in [-0.2, 0) is 14.3 Å². The molecule has 1 unspecified atom stereocenters. The van der Waals surface area contributed by atoms with Gasteiger partial charge in [-0.2, -0.15) is 16.8 Å². The van der Waals surface area contributed by atoms with Gasteiger partial charge in [0.1, 0.15) is 0 Å². The summed E-state index contributed by atoms with van der Waals surface area (Å²) in [6.07, 6.45) is 1.50. The van der Waals surface area contributed by atoms with E-state index < -0.39 is 11.5 Å². The van der Waals surface area contributed by atoms with E-state index in [9.17, 15) is 9.59 Å². The molecule has 17 heavy (non-hydrogen) atoms. The number of ether oxygens (including phenoxy) is 1. The van der Waals surface area contributed by atoms with Gasteiger partial charge in [-0.15, -0.1) is 0 Å². The lowest BCUT2D eigenvalue weighted by Crippen LogP contribution is -2.46. The van der Waals surface area contributed by atoms with E-state index in [0.717, 1.165) is 0 Å². The van der Waals surface area contributed by atoms with E-state index in [1.54, 1.807) is 11.8 Å². The molecule has 0 fully saturated rings. The van der Waals surface area contributed by atoms with E-state index in [0.29, 0.717) is 5.75 Å². The first-order valence-corrected chi connectivity index (χ1v) is 6.49. The van der Waals surface area contributed by atoms with E-state index >= 15 is 0 Å². The molecule has 98 valence electrons. The van der Waals surface area contributed by atoms with Gasteiger partial charge in [-0.1, -0.05) is 34.6 Å². The number of nitrogens with zero attached hydrogens (tertiary/aromatic N) is 1. The van der Waals surface area contributed by atoms with Crippen molar-refractivity contribution in [3.8, 4) is 0 Å². The molecule has 0 saturated carbocycles. The SMILES string of the molecule is COC(=O)C(CSC(C)(C)C)(N=C=O)C(C)C. The predicted octanol–water partition coefficient (Wildman–Crippen LogP) is 2.42. The Labute approximate surface area is 107 Å². The topological polar surface area (TPSA) is 55.7 Å². The first kappa shape index (κ1) is 16.2. The Morgan fingerprint density at radius 3 is 2.24 bits per heavy atom. The van der Waals surface area contributed by atoms with Crippen LogP contribution in [0.1, 0.15) is 34.6 Å². The quantitative estimate of drug-likeness (QED) is 0.432. The lowest BCUT2D eigenvalue weighted by molar-refractivity contribution is -0.147. The molecule has 0 rings (SSSR count). The van der Waals surface area contributed by atoms with Crippen LogP contribution in [0.3, 0.4) is 0 Å². The number of carbonyl (C=O) groups excluding carboxylic acids is 2. The van der Waals surface area contributed by atoms with Gasteiger partial charge in [-0.25, -0.2) is 9.59 Å². The Kier molecular flexibility index (Phi) is 5.93. The summed E-state index contributed by atoms with van der Waals surface area (Å²) in [6.45, 7) is 9.84. The second-order valence-electron chi connectivity index (χ2n) is 5.17. The number of aliphatic imine (C=N–C) groups is 1. The molecular formula is C12H21NO3S. The number of hydrogen-bond acceptors (Lipinski definition) is 5. The molecule has 0 saturated heterocycles. The van der Waals surface area contributed by atoms with Gasteiger partial charge in [-0.3, -0.25) is 0 Å². The van der Waals surface area contributed by atoms with Crippen molar-refractivity contribution in [2.24, 2.45) is 10.9 Å². The van der Waals surface area contributed by atoms with Crippen LogP contribution in [0.15, 0.2) is 4.99 Å². The summed E-state index contributed by atoms with van der Waals surface area (Å²) in [7, 11) is 1.31. The van der Waals surface area contributed by atoms with Crippen molar-refractivity contribution >= 4 is 23.8 Å². The Bertz CT molecular complexity index is 316. The first-order valence-electron chi connectivity index (χ1n) is 5.51.